The number of halogens is 2. The fourth-order valence-electron chi connectivity index (χ4n) is 6.26. The molecule has 2 aliphatic rings. The number of ether oxygens (including phenoxy) is 1. The summed E-state index contributed by atoms with van der Waals surface area (Å²) in [5.74, 6) is -1.55. The summed E-state index contributed by atoms with van der Waals surface area (Å²) in [6.07, 6.45) is 0.981. The van der Waals surface area contributed by atoms with E-state index >= 15 is 0 Å². The molecular formula is C33H31F2N5O3. The van der Waals surface area contributed by atoms with Crippen LogP contribution in [0.2, 0.25) is 0 Å². The smallest absolute Gasteiger partial charge is 0.331 e. The number of hydrogen-bond donors (Lipinski definition) is 1. The van der Waals surface area contributed by atoms with Crippen molar-refractivity contribution in [1.82, 2.24) is 14.0 Å². The number of hydrogen-bond acceptors (Lipinski definition) is 6. The van der Waals surface area contributed by atoms with Crippen LogP contribution in [0.25, 0.3) is 0 Å². The Labute approximate surface area is 247 Å². The molecule has 43 heavy (non-hydrogen) atoms. The predicted octanol–water partition coefficient (Wildman–Crippen LogP) is 3.93. The molecule has 0 aliphatic carbocycles. The van der Waals surface area contributed by atoms with Gasteiger partial charge in [0.05, 0.1) is 42.6 Å². The van der Waals surface area contributed by atoms with E-state index in [0.717, 1.165) is 27.8 Å². The SMILES string of the molecule is N#Cc1cccc(CN2CCC3(CC2)OCc2c3c(=O)n(C[C@H](N)c3ccccc3)c(=O)n2Cc2c(F)cccc2F)c1. The zero-order valence-corrected chi connectivity index (χ0v) is 23.5. The summed E-state index contributed by atoms with van der Waals surface area (Å²) in [6.45, 7) is 1.35. The van der Waals surface area contributed by atoms with Crippen molar-refractivity contribution < 1.29 is 13.5 Å². The second-order valence-electron chi connectivity index (χ2n) is 11.2. The molecule has 0 bridgehead atoms. The van der Waals surface area contributed by atoms with Gasteiger partial charge < -0.3 is 10.5 Å². The highest BCUT2D eigenvalue weighted by Gasteiger charge is 2.47. The third-order valence-corrected chi connectivity index (χ3v) is 8.59. The Bertz CT molecular complexity index is 1800. The molecule has 8 nitrogen and oxygen atoms in total. The van der Waals surface area contributed by atoms with E-state index in [9.17, 15) is 23.6 Å². The van der Waals surface area contributed by atoms with Crippen molar-refractivity contribution in [3.63, 3.8) is 0 Å². The van der Waals surface area contributed by atoms with Crippen LogP contribution in [-0.2, 0) is 36.6 Å². The molecule has 6 rings (SSSR count). The van der Waals surface area contributed by atoms with Gasteiger partial charge in [-0.05, 0) is 48.2 Å². The van der Waals surface area contributed by atoms with Crippen LogP contribution in [0, 0.1) is 23.0 Å². The first-order valence-corrected chi connectivity index (χ1v) is 14.3. The molecular weight excluding hydrogens is 552 g/mol. The van der Waals surface area contributed by atoms with E-state index in [-0.39, 0.29) is 25.3 Å². The third kappa shape index (κ3) is 5.43. The Kier molecular flexibility index (Phi) is 7.79. The largest absolute Gasteiger partial charge is 0.364 e. The maximum absolute atomic E-state index is 14.8. The molecule has 0 unspecified atom stereocenters. The molecule has 1 atom stereocenters. The minimum atomic E-state index is -0.945. The zero-order chi connectivity index (χ0) is 30.1. The average molecular weight is 584 g/mol. The first-order valence-electron chi connectivity index (χ1n) is 14.3. The first-order chi connectivity index (χ1) is 20.8. The Hall–Kier alpha value is -4.43. The van der Waals surface area contributed by atoms with E-state index in [1.165, 1.54) is 10.6 Å². The Morgan fingerprint density at radius 3 is 2.33 bits per heavy atom. The van der Waals surface area contributed by atoms with Crippen LogP contribution < -0.4 is 17.0 Å². The maximum atomic E-state index is 14.8. The molecule has 3 aromatic carbocycles. The van der Waals surface area contributed by atoms with E-state index in [1.807, 2.05) is 48.5 Å². The molecule has 10 heteroatoms. The number of rotatable bonds is 7. The fraction of sp³-hybridized carbons (Fsp3) is 0.303. The van der Waals surface area contributed by atoms with Crippen LogP contribution in [0.15, 0.2) is 82.4 Å². The summed E-state index contributed by atoms with van der Waals surface area (Å²) >= 11 is 0. The quantitative estimate of drug-likeness (QED) is 0.354. The number of likely N-dealkylation sites (tertiary alicyclic amines) is 1. The minimum Gasteiger partial charge on any atom is -0.364 e. The normalized spacial score (nSPS) is 16.6. The molecule has 2 aliphatic heterocycles. The van der Waals surface area contributed by atoms with Gasteiger partial charge in [0.2, 0.25) is 0 Å². The lowest BCUT2D eigenvalue weighted by atomic mass is 9.85. The van der Waals surface area contributed by atoms with E-state index in [2.05, 4.69) is 11.0 Å². The number of aromatic nitrogens is 2. The van der Waals surface area contributed by atoms with Gasteiger partial charge in [-0.1, -0.05) is 48.5 Å². The van der Waals surface area contributed by atoms with Gasteiger partial charge in [0.25, 0.3) is 5.56 Å². The minimum absolute atomic E-state index is 0.0221. The van der Waals surface area contributed by atoms with Crippen molar-refractivity contribution in [2.45, 2.75) is 50.7 Å². The van der Waals surface area contributed by atoms with Crippen molar-refractivity contribution in [2.24, 2.45) is 5.73 Å². The van der Waals surface area contributed by atoms with Gasteiger partial charge in [-0.15, -0.1) is 0 Å². The fourth-order valence-corrected chi connectivity index (χ4v) is 6.26. The molecule has 0 saturated carbocycles. The van der Waals surface area contributed by atoms with E-state index in [0.29, 0.717) is 49.3 Å². The Balaban J connectivity index is 1.38. The average Bonchev–Trinajstić information content (AvgIpc) is 3.39. The molecule has 0 amide bonds. The molecule has 4 aromatic rings. The number of nitriles is 1. The number of nitrogens with two attached hydrogens (primary N) is 1. The molecule has 1 spiro atoms. The van der Waals surface area contributed by atoms with Crippen molar-refractivity contribution in [1.29, 1.82) is 5.26 Å². The van der Waals surface area contributed by atoms with Crippen LogP contribution in [0.5, 0.6) is 0 Å². The predicted molar refractivity (Wildman–Crippen MR) is 156 cm³/mol. The second-order valence-corrected chi connectivity index (χ2v) is 11.2. The van der Waals surface area contributed by atoms with Gasteiger partial charge in [0.15, 0.2) is 0 Å². The summed E-state index contributed by atoms with van der Waals surface area (Å²) in [7, 11) is 0. The topological polar surface area (TPSA) is 106 Å². The number of nitrogens with zero attached hydrogens (tertiary/aromatic N) is 4. The molecule has 220 valence electrons. The van der Waals surface area contributed by atoms with Crippen LogP contribution in [0.3, 0.4) is 0 Å². The number of benzene rings is 3. The van der Waals surface area contributed by atoms with Gasteiger partial charge in [-0.3, -0.25) is 18.8 Å². The maximum Gasteiger partial charge on any atom is 0.331 e. The van der Waals surface area contributed by atoms with E-state index in [4.69, 9.17) is 10.5 Å². The monoisotopic (exact) mass is 583 g/mol. The summed E-state index contributed by atoms with van der Waals surface area (Å²) < 4.78 is 38.2. The van der Waals surface area contributed by atoms with Crippen molar-refractivity contribution in [3.05, 3.63) is 139 Å². The summed E-state index contributed by atoms with van der Waals surface area (Å²) in [5, 5.41) is 9.25. The molecule has 3 heterocycles. The molecule has 1 aromatic heterocycles. The summed E-state index contributed by atoms with van der Waals surface area (Å²) in [4.78, 5) is 30.2. The lowest BCUT2D eigenvalue weighted by molar-refractivity contribution is -0.0810. The first kappa shape index (κ1) is 28.7. The van der Waals surface area contributed by atoms with Crippen molar-refractivity contribution >= 4 is 0 Å². The van der Waals surface area contributed by atoms with Crippen molar-refractivity contribution in [2.75, 3.05) is 13.1 Å². The number of piperidine rings is 1. The highest BCUT2D eigenvalue weighted by atomic mass is 19.1. The van der Waals surface area contributed by atoms with Gasteiger partial charge in [0.1, 0.15) is 17.2 Å². The Morgan fingerprint density at radius 1 is 0.930 bits per heavy atom. The van der Waals surface area contributed by atoms with E-state index in [1.54, 1.807) is 6.07 Å². The second kappa shape index (κ2) is 11.7. The standard InChI is InChI=1S/C33H31F2N5O3/c34-26-10-5-11-27(35)25(26)19-39-29-21-43-33(12-14-38(15-13-33)18-23-7-4-6-22(16-23)17-36)30(29)31(41)40(32(39)42)20-28(37)24-8-2-1-3-9-24/h1-11,16,28H,12-15,18-21,37H2/t28-/m0/s1. The van der Waals surface area contributed by atoms with E-state index < -0.39 is 34.5 Å². The highest BCUT2D eigenvalue weighted by molar-refractivity contribution is 5.34. The molecule has 1 fully saturated rings. The van der Waals surface area contributed by atoms with Crippen LogP contribution in [0.1, 0.15) is 52.4 Å². The zero-order valence-electron chi connectivity index (χ0n) is 23.5. The third-order valence-electron chi connectivity index (χ3n) is 8.59. The highest BCUT2D eigenvalue weighted by Crippen LogP contribution is 2.42. The summed E-state index contributed by atoms with van der Waals surface area (Å²) in [5.41, 5.74) is 7.14. The van der Waals surface area contributed by atoms with Crippen LogP contribution in [-0.4, -0.2) is 27.1 Å². The molecule has 2 N–H and O–H groups in total. The lowest BCUT2D eigenvalue weighted by Gasteiger charge is -2.39. The summed E-state index contributed by atoms with van der Waals surface area (Å²) in [6, 6.07) is 21.7. The molecule has 1 saturated heterocycles. The van der Waals surface area contributed by atoms with Gasteiger partial charge in [-0.2, -0.15) is 5.26 Å². The van der Waals surface area contributed by atoms with Crippen LogP contribution in [0.4, 0.5) is 8.78 Å². The van der Waals surface area contributed by atoms with Crippen LogP contribution >= 0.6 is 0 Å². The van der Waals surface area contributed by atoms with Crippen molar-refractivity contribution in [3.8, 4) is 6.07 Å². The number of fused-ring (bicyclic) bond motifs is 2. The van der Waals surface area contributed by atoms with Gasteiger partial charge in [-0.25, -0.2) is 13.6 Å². The lowest BCUT2D eigenvalue weighted by Crippen LogP contribution is -2.49. The van der Waals surface area contributed by atoms with Gasteiger partial charge >= 0.3 is 5.69 Å². The van der Waals surface area contributed by atoms with Gasteiger partial charge in [0, 0.05) is 31.2 Å². The molecule has 0 radical (unpaired) electrons. The Morgan fingerprint density at radius 2 is 1.63 bits per heavy atom.